The molecular weight excluding hydrogens is 320 g/mol. The van der Waals surface area contributed by atoms with E-state index in [0.717, 1.165) is 0 Å². The van der Waals surface area contributed by atoms with E-state index in [-0.39, 0.29) is 37.0 Å². The van der Waals surface area contributed by atoms with Gasteiger partial charge in [0.2, 0.25) is 0 Å². The number of nitrogens with two attached hydrogens (primary N) is 2. The van der Waals surface area contributed by atoms with Crippen LogP contribution < -0.4 is 11.5 Å². The Labute approximate surface area is 141 Å². The number of methoxy groups -OCH3 is 1. The lowest BCUT2D eigenvalue weighted by Crippen LogP contribution is -2.60. The summed E-state index contributed by atoms with van der Waals surface area (Å²) in [6.45, 7) is 0.892. The van der Waals surface area contributed by atoms with Crippen LogP contribution in [0.15, 0.2) is 11.5 Å². The van der Waals surface area contributed by atoms with Crippen LogP contribution in [0.25, 0.3) is 0 Å². The number of aliphatic hydroxyl groups excluding tert-OH is 5. The molecule has 0 aromatic heterocycles. The molecule has 0 spiro atoms. The van der Waals surface area contributed by atoms with E-state index in [0.29, 0.717) is 6.42 Å². The third kappa shape index (κ3) is 4.79. The van der Waals surface area contributed by atoms with E-state index >= 15 is 0 Å². The number of hydrogen-bond acceptors (Lipinski definition) is 9. The summed E-state index contributed by atoms with van der Waals surface area (Å²) in [5, 5.41) is 48.6. The second-order valence-corrected chi connectivity index (χ2v) is 6.14. The molecule has 0 bridgehead atoms. The molecule has 0 heterocycles. The summed E-state index contributed by atoms with van der Waals surface area (Å²) < 4.78 is 11.0. The van der Waals surface area contributed by atoms with E-state index in [9.17, 15) is 25.5 Å². The van der Waals surface area contributed by atoms with Crippen molar-refractivity contribution in [3.05, 3.63) is 11.5 Å². The number of ether oxygens (including phenoxy) is 2. The van der Waals surface area contributed by atoms with Crippen LogP contribution >= 0.6 is 0 Å². The van der Waals surface area contributed by atoms with Crippen molar-refractivity contribution in [2.24, 2.45) is 17.4 Å². The maximum atomic E-state index is 10.3. The monoisotopic (exact) mass is 350 g/mol. The molecule has 1 aliphatic carbocycles. The lowest BCUT2D eigenvalue weighted by atomic mass is 9.80. The Morgan fingerprint density at radius 3 is 2.42 bits per heavy atom. The van der Waals surface area contributed by atoms with Crippen LogP contribution in [0.3, 0.4) is 0 Å². The first-order valence-corrected chi connectivity index (χ1v) is 7.98. The summed E-state index contributed by atoms with van der Waals surface area (Å²) in [6.07, 6.45) is -4.08. The molecule has 0 amide bonds. The summed E-state index contributed by atoms with van der Waals surface area (Å²) in [5.74, 6) is -0.764. The molecule has 1 rings (SSSR count). The van der Waals surface area contributed by atoms with E-state index in [1.54, 1.807) is 0 Å². The minimum atomic E-state index is -1.08. The Kier molecular flexibility index (Phi) is 8.37. The Balaban J connectivity index is 2.95. The first-order chi connectivity index (χ1) is 11.3. The van der Waals surface area contributed by atoms with Crippen molar-refractivity contribution in [3.8, 4) is 0 Å². The highest BCUT2D eigenvalue weighted by atomic mass is 16.5. The van der Waals surface area contributed by atoms with Gasteiger partial charge in [0.25, 0.3) is 0 Å². The van der Waals surface area contributed by atoms with Gasteiger partial charge in [-0.1, -0.05) is 0 Å². The summed E-state index contributed by atoms with van der Waals surface area (Å²) in [4.78, 5) is 0. The van der Waals surface area contributed by atoms with Crippen LogP contribution in [-0.2, 0) is 9.47 Å². The standard InChI is InChI=1S/C15H30N2O7/c1-7(20)11(16)13(21)9(3-4-18)24-10-5-8(6-19)15(23-2)14(22)12(10)17/h7-10,12,14-15,18-22H,3-6,16-17H2,1-2H3/b13-11+/t7-,8?,9+,10+,12?,14?,15+/m0/s1. The SMILES string of the molecule is CO[C@@H]1C(CO)C[C@@H](O[C@H](CCO)/C(O)=C(\N)[C@H](C)O)C(N)C1O. The van der Waals surface area contributed by atoms with E-state index in [4.69, 9.17) is 20.9 Å². The molecule has 7 atom stereocenters. The zero-order chi connectivity index (χ0) is 18.4. The molecule has 9 heteroatoms. The third-order valence-electron chi connectivity index (χ3n) is 4.45. The molecule has 9 N–H and O–H groups in total. The minimum absolute atomic E-state index is 0.0378. The fraction of sp³-hybridized carbons (Fsp3) is 0.867. The van der Waals surface area contributed by atoms with Crippen molar-refractivity contribution in [2.75, 3.05) is 20.3 Å². The molecule has 1 saturated carbocycles. The topological polar surface area (TPSA) is 172 Å². The average Bonchev–Trinajstić information content (AvgIpc) is 2.56. The lowest BCUT2D eigenvalue weighted by molar-refractivity contribution is -0.149. The molecule has 1 fully saturated rings. The molecule has 0 aromatic carbocycles. The van der Waals surface area contributed by atoms with Crippen LogP contribution in [0.4, 0.5) is 0 Å². The highest BCUT2D eigenvalue weighted by molar-refractivity contribution is 5.12. The zero-order valence-electron chi connectivity index (χ0n) is 14.1. The molecule has 9 nitrogen and oxygen atoms in total. The molecule has 0 radical (unpaired) electrons. The van der Waals surface area contributed by atoms with Crippen LogP contribution in [0, 0.1) is 5.92 Å². The van der Waals surface area contributed by atoms with Gasteiger partial charge in [-0.15, -0.1) is 0 Å². The lowest BCUT2D eigenvalue weighted by Gasteiger charge is -2.43. The Bertz CT molecular complexity index is 417. The maximum absolute atomic E-state index is 10.3. The Hall–Kier alpha value is -0.940. The third-order valence-corrected chi connectivity index (χ3v) is 4.45. The summed E-state index contributed by atoms with van der Waals surface area (Å²) in [7, 11) is 1.43. The second kappa shape index (κ2) is 9.52. The number of rotatable bonds is 8. The highest BCUT2D eigenvalue weighted by Gasteiger charge is 2.44. The van der Waals surface area contributed by atoms with Gasteiger partial charge in [-0.2, -0.15) is 0 Å². The van der Waals surface area contributed by atoms with E-state index in [2.05, 4.69) is 0 Å². The smallest absolute Gasteiger partial charge is 0.142 e. The molecule has 3 unspecified atom stereocenters. The predicted octanol–water partition coefficient (Wildman–Crippen LogP) is -2.05. The van der Waals surface area contributed by atoms with Crippen LogP contribution in [0.2, 0.25) is 0 Å². The Morgan fingerprint density at radius 1 is 1.33 bits per heavy atom. The quantitative estimate of drug-likeness (QED) is 0.243. The molecule has 24 heavy (non-hydrogen) atoms. The fourth-order valence-corrected chi connectivity index (χ4v) is 2.96. The summed E-state index contributed by atoms with van der Waals surface area (Å²) in [5.41, 5.74) is 11.5. The number of aliphatic hydroxyl groups is 5. The van der Waals surface area contributed by atoms with E-state index in [1.165, 1.54) is 14.0 Å². The van der Waals surface area contributed by atoms with Gasteiger partial charge in [0.1, 0.15) is 11.9 Å². The van der Waals surface area contributed by atoms with Crippen LogP contribution in [0.5, 0.6) is 0 Å². The maximum Gasteiger partial charge on any atom is 0.142 e. The molecular formula is C15H30N2O7. The van der Waals surface area contributed by atoms with Crippen LogP contribution in [-0.4, -0.2) is 82.4 Å². The normalized spacial score (nSPS) is 34.5. The van der Waals surface area contributed by atoms with E-state index in [1.807, 2.05) is 0 Å². The zero-order valence-corrected chi connectivity index (χ0v) is 14.1. The molecule has 1 aliphatic rings. The van der Waals surface area contributed by atoms with Crippen molar-refractivity contribution >= 4 is 0 Å². The van der Waals surface area contributed by atoms with Crippen molar-refractivity contribution in [1.29, 1.82) is 0 Å². The van der Waals surface area contributed by atoms with Crippen molar-refractivity contribution in [3.63, 3.8) is 0 Å². The summed E-state index contributed by atoms with van der Waals surface area (Å²) >= 11 is 0. The second-order valence-electron chi connectivity index (χ2n) is 6.14. The average molecular weight is 350 g/mol. The highest BCUT2D eigenvalue weighted by Crippen LogP contribution is 2.30. The van der Waals surface area contributed by atoms with Gasteiger partial charge in [-0.3, -0.25) is 0 Å². The first kappa shape index (κ1) is 21.1. The van der Waals surface area contributed by atoms with Gasteiger partial charge < -0.3 is 46.5 Å². The van der Waals surface area contributed by atoms with Crippen LogP contribution in [0.1, 0.15) is 19.8 Å². The first-order valence-electron chi connectivity index (χ1n) is 7.98. The fourth-order valence-electron chi connectivity index (χ4n) is 2.96. The molecule has 0 saturated heterocycles. The number of hydrogen-bond donors (Lipinski definition) is 7. The van der Waals surface area contributed by atoms with Gasteiger partial charge in [0, 0.05) is 32.7 Å². The van der Waals surface area contributed by atoms with Crippen molar-refractivity contribution in [2.45, 2.75) is 56.3 Å². The largest absolute Gasteiger partial charge is 0.508 e. The minimum Gasteiger partial charge on any atom is -0.508 e. The molecule has 0 aromatic rings. The van der Waals surface area contributed by atoms with E-state index < -0.39 is 36.6 Å². The van der Waals surface area contributed by atoms with Gasteiger partial charge in [0.05, 0.1) is 36.2 Å². The molecule has 0 aliphatic heterocycles. The summed E-state index contributed by atoms with van der Waals surface area (Å²) in [6, 6.07) is -0.806. The van der Waals surface area contributed by atoms with Gasteiger partial charge in [0.15, 0.2) is 0 Å². The van der Waals surface area contributed by atoms with Gasteiger partial charge in [-0.25, -0.2) is 0 Å². The van der Waals surface area contributed by atoms with Gasteiger partial charge in [-0.05, 0) is 13.3 Å². The Morgan fingerprint density at radius 2 is 1.96 bits per heavy atom. The van der Waals surface area contributed by atoms with Gasteiger partial charge >= 0.3 is 0 Å². The molecule has 142 valence electrons. The van der Waals surface area contributed by atoms with Crippen molar-refractivity contribution in [1.82, 2.24) is 0 Å². The predicted molar refractivity (Wildman–Crippen MR) is 85.9 cm³/mol. The van der Waals surface area contributed by atoms with Crippen molar-refractivity contribution < 1.29 is 35.0 Å².